The minimum absolute atomic E-state index is 0.444. The smallest absolute Gasteiger partial charge is 0.157 e. The highest BCUT2D eigenvalue weighted by atomic mass is 127. The molecule has 20 heavy (non-hydrogen) atoms. The fraction of sp³-hybridized carbons (Fsp3) is 0.333. The van der Waals surface area contributed by atoms with E-state index in [2.05, 4.69) is 56.9 Å². The summed E-state index contributed by atoms with van der Waals surface area (Å²) >= 11 is 2.28. The number of nitrogens with one attached hydrogen (secondary N) is 1. The summed E-state index contributed by atoms with van der Waals surface area (Å²) in [6, 6.07) is 10.1. The van der Waals surface area contributed by atoms with Gasteiger partial charge in [0, 0.05) is 19.2 Å². The molecule has 0 saturated carbocycles. The van der Waals surface area contributed by atoms with E-state index in [1.807, 2.05) is 25.2 Å². The number of aromatic nitrogens is 2. The lowest BCUT2D eigenvalue weighted by atomic mass is 10.1. The average Bonchev–Trinajstić information content (AvgIpc) is 2.49. The number of hydrogen-bond acceptors (Lipinski definition) is 4. The maximum atomic E-state index is 5.54. The minimum Gasteiger partial charge on any atom is -0.373 e. The molecule has 0 fully saturated rings. The van der Waals surface area contributed by atoms with Gasteiger partial charge >= 0.3 is 0 Å². The van der Waals surface area contributed by atoms with Crippen molar-refractivity contribution in [2.75, 3.05) is 19.0 Å². The molecule has 0 radical (unpaired) electrons. The van der Waals surface area contributed by atoms with Gasteiger partial charge in [0.05, 0.1) is 9.26 Å². The predicted molar refractivity (Wildman–Crippen MR) is 89.7 cm³/mol. The van der Waals surface area contributed by atoms with Crippen molar-refractivity contribution in [1.82, 2.24) is 9.97 Å². The van der Waals surface area contributed by atoms with Gasteiger partial charge in [-0.2, -0.15) is 0 Å². The molecule has 0 aliphatic heterocycles. The van der Waals surface area contributed by atoms with Crippen LogP contribution in [-0.2, 0) is 11.3 Å². The molecule has 0 atom stereocenters. The van der Waals surface area contributed by atoms with Gasteiger partial charge in [0.25, 0.3) is 0 Å². The zero-order valence-corrected chi connectivity index (χ0v) is 13.8. The van der Waals surface area contributed by atoms with E-state index in [9.17, 15) is 0 Å². The first-order valence-corrected chi connectivity index (χ1v) is 7.71. The fourth-order valence-corrected chi connectivity index (χ4v) is 2.64. The normalized spacial score (nSPS) is 10.6. The Morgan fingerprint density at radius 3 is 2.60 bits per heavy atom. The predicted octanol–water partition coefficient (Wildman–Crippen LogP) is 3.72. The summed E-state index contributed by atoms with van der Waals surface area (Å²) in [5, 5.41) is 3.12. The summed E-state index contributed by atoms with van der Waals surface area (Å²) in [5.41, 5.74) is 2.04. The first-order valence-electron chi connectivity index (χ1n) is 6.63. The Morgan fingerprint density at radius 1 is 1.20 bits per heavy atom. The molecule has 0 spiro atoms. The van der Waals surface area contributed by atoms with Gasteiger partial charge in [0.2, 0.25) is 0 Å². The van der Waals surface area contributed by atoms with Crippen molar-refractivity contribution in [3.8, 4) is 11.3 Å². The summed E-state index contributed by atoms with van der Waals surface area (Å²) in [7, 11) is 1.87. The van der Waals surface area contributed by atoms with Crippen molar-refractivity contribution in [2.24, 2.45) is 0 Å². The summed E-state index contributed by atoms with van der Waals surface area (Å²) in [5.74, 6) is 1.55. The number of halogens is 1. The van der Waals surface area contributed by atoms with Gasteiger partial charge in [-0.1, -0.05) is 37.3 Å². The van der Waals surface area contributed by atoms with Crippen LogP contribution < -0.4 is 5.32 Å². The summed E-state index contributed by atoms with van der Waals surface area (Å²) in [6.45, 7) is 3.26. The number of benzene rings is 1. The van der Waals surface area contributed by atoms with E-state index in [-0.39, 0.29) is 0 Å². The Labute approximate surface area is 133 Å². The van der Waals surface area contributed by atoms with Gasteiger partial charge in [0.15, 0.2) is 5.82 Å². The van der Waals surface area contributed by atoms with Crippen LogP contribution in [0, 0.1) is 3.57 Å². The summed E-state index contributed by atoms with van der Waals surface area (Å²) in [4.78, 5) is 9.13. The quantitative estimate of drug-likeness (QED) is 0.610. The lowest BCUT2D eigenvalue weighted by Crippen LogP contribution is -2.07. The molecule has 2 rings (SSSR count). The molecule has 0 unspecified atom stereocenters. The molecular weight excluding hydrogens is 365 g/mol. The van der Waals surface area contributed by atoms with Crippen molar-refractivity contribution in [3.63, 3.8) is 0 Å². The van der Waals surface area contributed by atoms with Crippen molar-refractivity contribution in [1.29, 1.82) is 0 Å². The van der Waals surface area contributed by atoms with E-state index in [1.54, 1.807) is 0 Å². The van der Waals surface area contributed by atoms with Crippen molar-refractivity contribution in [3.05, 3.63) is 39.7 Å². The van der Waals surface area contributed by atoms with Crippen molar-refractivity contribution < 1.29 is 4.74 Å². The number of ether oxygens (including phenoxy) is 1. The summed E-state index contributed by atoms with van der Waals surface area (Å²) < 4.78 is 6.57. The molecule has 0 amide bonds. The number of hydrogen-bond donors (Lipinski definition) is 1. The van der Waals surface area contributed by atoms with E-state index in [0.29, 0.717) is 12.4 Å². The van der Waals surface area contributed by atoms with Crippen LogP contribution in [0.2, 0.25) is 0 Å². The molecule has 106 valence electrons. The monoisotopic (exact) mass is 383 g/mol. The first-order chi connectivity index (χ1) is 9.76. The van der Waals surface area contributed by atoms with Crippen LogP contribution in [-0.4, -0.2) is 23.6 Å². The maximum absolute atomic E-state index is 5.54. The molecule has 0 saturated heterocycles. The second kappa shape index (κ2) is 7.54. The lowest BCUT2D eigenvalue weighted by molar-refractivity contribution is 0.116. The van der Waals surface area contributed by atoms with E-state index in [4.69, 9.17) is 4.74 Å². The van der Waals surface area contributed by atoms with Gasteiger partial charge < -0.3 is 10.1 Å². The highest BCUT2D eigenvalue weighted by Crippen LogP contribution is 2.27. The van der Waals surface area contributed by atoms with E-state index in [0.717, 1.165) is 33.7 Å². The Kier molecular flexibility index (Phi) is 5.72. The number of rotatable bonds is 6. The first kappa shape index (κ1) is 15.2. The Bertz CT molecular complexity index is 561. The third kappa shape index (κ3) is 3.67. The van der Waals surface area contributed by atoms with Gasteiger partial charge in [-0.05, 0) is 29.0 Å². The SMILES string of the molecule is CCCOCc1nc(NC)c(I)c(-c2ccccc2)n1. The molecule has 5 heteroatoms. The lowest BCUT2D eigenvalue weighted by Gasteiger charge is -2.11. The molecule has 0 aliphatic carbocycles. The van der Waals surface area contributed by atoms with E-state index in [1.165, 1.54) is 0 Å². The van der Waals surface area contributed by atoms with Gasteiger partial charge in [-0.3, -0.25) is 0 Å². The Hall–Kier alpha value is -1.21. The zero-order valence-electron chi connectivity index (χ0n) is 11.7. The standard InChI is InChI=1S/C15H18IN3O/c1-3-9-20-10-12-18-14(11-7-5-4-6-8-11)13(16)15(17-2)19-12/h4-8H,3,9-10H2,1-2H3,(H,17,18,19). The number of nitrogens with zero attached hydrogens (tertiary/aromatic N) is 2. The highest BCUT2D eigenvalue weighted by molar-refractivity contribution is 14.1. The molecule has 1 aromatic heterocycles. The van der Waals surface area contributed by atoms with Crippen molar-refractivity contribution in [2.45, 2.75) is 20.0 Å². The third-order valence-corrected chi connectivity index (χ3v) is 3.78. The third-order valence-electron chi connectivity index (χ3n) is 2.76. The van der Waals surface area contributed by atoms with Gasteiger partial charge in [-0.25, -0.2) is 9.97 Å². The topological polar surface area (TPSA) is 47.0 Å². The maximum Gasteiger partial charge on any atom is 0.157 e. The van der Waals surface area contributed by atoms with Crippen LogP contribution in [0.3, 0.4) is 0 Å². The molecule has 1 heterocycles. The van der Waals surface area contributed by atoms with Crippen LogP contribution in [0.15, 0.2) is 30.3 Å². The molecular formula is C15H18IN3O. The second-order valence-corrected chi connectivity index (χ2v) is 5.40. The number of anilines is 1. The highest BCUT2D eigenvalue weighted by Gasteiger charge is 2.12. The van der Waals surface area contributed by atoms with Crippen molar-refractivity contribution >= 4 is 28.4 Å². The molecule has 1 aromatic carbocycles. The van der Waals surface area contributed by atoms with Gasteiger partial charge in [0.1, 0.15) is 12.4 Å². The summed E-state index contributed by atoms with van der Waals surface area (Å²) in [6.07, 6.45) is 0.995. The second-order valence-electron chi connectivity index (χ2n) is 4.32. The van der Waals surface area contributed by atoms with Crippen LogP contribution in [0.25, 0.3) is 11.3 Å². The molecule has 0 aliphatic rings. The van der Waals surface area contributed by atoms with E-state index >= 15 is 0 Å². The fourth-order valence-electron chi connectivity index (χ4n) is 1.82. The molecule has 0 bridgehead atoms. The van der Waals surface area contributed by atoms with Crippen LogP contribution >= 0.6 is 22.6 Å². The molecule has 2 aromatic rings. The molecule has 1 N–H and O–H groups in total. The van der Waals surface area contributed by atoms with E-state index < -0.39 is 0 Å². The largest absolute Gasteiger partial charge is 0.373 e. The Morgan fingerprint density at radius 2 is 1.95 bits per heavy atom. The van der Waals surface area contributed by atoms with Gasteiger partial charge in [-0.15, -0.1) is 0 Å². The average molecular weight is 383 g/mol. The molecule has 4 nitrogen and oxygen atoms in total. The Balaban J connectivity index is 2.37. The van der Waals surface area contributed by atoms with Crippen LogP contribution in [0.1, 0.15) is 19.2 Å². The minimum atomic E-state index is 0.444. The van der Waals surface area contributed by atoms with Crippen LogP contribution in [0.4, 0.5) is 5.82 Å². The van der Waals surface area contributed by atoms with Crippen LogP contribution in [0.5, 0.6) is 0 Å². The zero-order chi connectivity index (χ0) is 14.4.